The molecule has 0 radical (unpaired) electrons. The molecule has 3 aliphatic rings. The van der Waals surface area contributed by atoms with Crippen LogP contribution in [0, 0.1) is 11.8 Å². The molecule has 2 saturated heterocycles. The molecule has 0 spiro atoms. The fourth-order valence-electron chi connectivity index (χ4n) is 5.58. The molecule has 5 heteroatoms. The van der Waals surface area contributed by atoms with Gasteiger partial charge in [-0.25, -0.2) is 9.97 Å². The van der Waals surface area contributed by atoms with Gasteiger partial charge in [0.15, 0.2) is 0 Å². The van der Waals surface area contributed by atoms with Crippen LogP contribution >= 0.6 is 0 Å². The summed E-state index contributed by atoms with van der Waals surface area (Å²) >= 11 is 0. The number of ketones is 1. The van der Waals surface area contributed by atoms with Crippen molar-refractivity contribution in [2.45, 2.75) is 96.7 Å². The predicted molar refractivity (Wildman–Crippen MR) is 117 cm³/mol. The first-order chi connectivity index (χ1) is 13.9. The molecule has 5 nitrogen and oxygen atoms in total. The Morgan fingerprint density at radius 3 is 2.07 bits per heavy atom. The summed E-state index contributed by atoms with van der Waals surface area (Å²) < 4.78 is 0. The molecule has 2 aliphatic heterocycles. The van der Waals surface area contributed by atoms with Gasteiger partial charge in [0.1, 0.15) is 5.78 Å². The molecule has 1 aromatic rings. The molecule has 3 heterocycles. The maximum atomic E-state index is 12.0. The quantitative estimate of drug-likeness (QED) is 0.710. The maximum absolute atomic E-state index is 12.0. The topological polar surface area (TPSA) is 49.3 Å². The first-order valence-electron chi connectivity index (χ1n) is 11.8. The standard InChI is InChI=1S/C24H38N4O/c1-16(2)23(29)11-18-5-7-19(8-6-18)20-12-25-24(26-13-20)28-21-9-10-22(28)15-27(14-21)17(3)4/h12-13,16-19,21-22H,5-11,14-15H2,1-4H3/t18-,19+,21?,22?. The van der Waals surface area contributed by atoms with Gasteiger partial charge in [0.25, 0.3) is 0 Å². The van der Waals surface area contributed by atoms with Crippen LogP contribution in [0.3, 0.4) is 0 Å². The summed E-state index contributed by atoms with van der Waals surface area (Å²) in [5, 5.41) is 0. The van der Waals surface area contributed by atoms with Crippen LogP contribution in [-0.2, 0) is 4.79 Å². The van der Waals surface area contributed by atoms with Crippen LogP contribution in [0.2, 0.25) is 0 Å². The zero-order valence-electron chi connectivity index (χ0n) is 18.7. The van der Waals surface area contributed by atoms with E-state index in [1.807, 2.05) is 13.8 Å². The van der Waals surface area contributed by atoms with Gasteiger partial charge in [-0.1, -0.05) is 13.8 Å². The van der Waals surface area contributed by atoms with Gasteiger partial charge in [0.2, 0.25) is 5.95 Å². The van der Waals surface area contributed by atoms with Gasteiger partial charge in [-0.05, 0) is 69.8 Å². The smallest absolute Gasteiger partial charge is 0.225 e. The summed E-state index contributed by atoms with van der Waals surface area (Å²) in [6.07, 6.45) is 12.1. The Bertz CT molecular complexity index is 679. The molecule has 1 saturated carbocycles. The summed E-state index contributed by atoms with van der Waals surface area (Å²) in [5.41, 5.74) is 1.29. The molecule has 29 heavy (non-hydrogen) atoms. The molecular weight excluding hydrogens is 360 g/mol. The number of Topliss-reactive ketones (excluding diaryl/α,β-unsaturated/α-hetero) is 1. The maximum Gasteiger partial charge on any atom is 0.225 e. The lowest BCUT2D eigenvalue weighted by Gasteiger charge is -2.42. The number of aromatic nitrogens is 2. The van der Waals surface area contributed by atoms with Gasteiger partial charge in [-0.15, -0.1) is 0 Å². The second kappa shape index (κ2) is 8.71. The summed E-state index contributed by atoms with van der Waals surface area (Å²) in [4.78, 5) is 26.8. The third-order valence-electron chi connectivity index (χ3n) is 7.58. The monoisotopic (exact) mass is 398 g/mol. The highest BCUT2D eigenvalue weighted by atomic mass is 16.1. The minimum Gasteiger partial charge on any atom is -0.332 e. The SMILES string of the molecule is CC(C)C(=O)C[C@H]1CC[C@@H](c2cnc(N3C4CCC3CN(C(C)C)C4)nc2)CC1. The van der Waals surface area contributed by atoms with E-state index in [4.69, 9.17) is 9.97 Å². The first kappa shape index (κ1) is 20.8. The molecule has 2 atom stereocenters. The van der Waals surface area contributed by atoms with Crippen molar-refractivity contribution < 1.29 is 4.79 Å². The van der Waals surface area contributed by atoms with Gasteiger partial charge in [0.05, 0.1) is 0 Å². The van der Waals surface area contributed by atoms with Crippen molar-refractivity contribution in [2.75, 3.05) is 18.0 Å². The van der Waals surface area contributed by atoms with Crippen molar-refractivity contribution in [3.8, 4) is 0 Å². The molecule has 0 aromatic carbocycles. The van der Waals surface area contributed by atoms with Crippen LogP contribution in [0.15, 0.2) is 12.4 Å². The minimum absolute atomic E-state index is 0.173. The second-order valence-electron chi connectivity index (χ2n) is 10.2. The number of carbonyl (C=O) groups is 1. The number of rotatable bonds is 6. The molecule has 3 fully saturated rings. The van der Waals surface area contributed by atoms with Crippen LogP contribution in [0.1, 0.15) is 84.1 Å². The number of hydrogen-bond donors (Lipinski definition) is 0. The Morgan fingerprint density at radius 1 is 0.966 bits per heavy atom. The predicted octanol–water partition coefficient (Wildman–Crippen LogP) is 4.43. The third-order valence-corrected chi connectivity index (χ3v) is 7.58. The first-order valence-corrected chi connectivity index (χ1v) is 11.8. The van der Waals surface area contributed by atoms with Crippen LogP contribution < -0.4 is 4.90 Å². The number of hydrogen-bond acceptors (Lipinski definition) is 5. The summed E-state index contributed by atoms with van der Waals surface area (Å²) in [7, 11) is 0. The minimum atomic E-state index is 0.173. The Balaban J connectivity index is 1.34. The number of nitrogens with zero attached hydrogens (tertiary/aromatic N) is 4. The lowest BCUT2D eigenvalue weighted by molar-refractivity contribution is -0.123. The number of fused-ring (bicyclic) bond motifs is 2. The van der Waals surface area contributed by atoms with E-state index < -0.39 is 0 Å². The van der Waals surface area contributed by atoms with Gasteiger partial charge < -0.3 is 4.90 Å². The third kappa shape index (κ3) is 4.50. The molecule has 0 amide bonds. The van der Waals surface area contributed by atoms with E-state index in [0.29, 0.717) is 35.7 Å². The van der Waals surface area contributed by atoms with E-state index in [0.717, 1.165) is 51.1 Å². The van der Waals surface area contributed by atoms with Crippen molar-refractivity contribution in [1.82, 2.24) is 14.9 Å². The molecule has 4 rings (SSSR count). The van der Waals surface area contributed by atoms with Gasteiger partial charge in [0, 0.05) is 55.9 Å². The fourth-order valence-corrected chi connectivity index (χ4v) is 5.58. The fraction of sp³-hybridized carbons (Fsp3) is 0.792. The Kier molecular flexibility index (Phi) is 6.24. The molecule has 160 valence electrons. The van der Waals surface area contributed by atoms with Crippen molar-refractivity contribution in [3.63, 3.8) is 0 Å². The van der Waals surface area contributed by atoms with Crippen LogP contribution in [0.4, 0.5) is 5.95 Å². The van der Waals surface area contributed by atoms with E-state index in [2.05, 4.69) is 36.0 Å². The van der Waals surface area contributed by atoms with E-state index in [1.165, 1.54) is 18.4 Å². The van der Waals surface area contributed by atoms with Gasteiger partial charge in [-0.3, -0.25) is 9.69 Å². The van der Waals surface area contributed by atoms with Crippen LogP contribution in [0.5, 0.6) is 0 Å². The normalized spacial score (nSPS) is 30.3. The van der Waals surface area contributed by atoms with Crippen molar-refractivity contribution in [3.05, 3.63) is 18.0 Å². The van der Waals surface area contributed by atoms with Crippen LogP contribution in [-0.4, -0.2) is 51.9 Å². The largest absolute Gasteiger partial charge is 0.332 e. The summed E-state index contributed by atoms with van der Waals surface area (Å²) in [6.45, 7) is 10.9. The molecule has 1 aliphatic carbocycles. The highest BCUT2D eigenvalue weighted by Crippen LogP contribution is 2.38. The van der Waals surface area contributed by atoms with Crippen molar-refractivity contribution in [2.24, 2.45) is 11.8 Å². The van der Waals surface area contributed by atoms with E-state index >= 15 is 0 Å². The zero-order valence-corrected chi connectivity index (χ0v) is 18.7. The molecule has 0 N–H and O–H groups in total. The number of anilines is 1. The lowest BCUT2D eigenvalue weighted by Crippen LogP contribution is -2.56. The van der Waals surface area contributed by atoms with Gasteiger partial charge in [-0.2, -0.15) is 0 Å². The molecule has 1 aromatic heterocycles. The van der Waals surface area contributed by atoms with Crippen molar-refractivity contribution in [1.29, 1.82) is 0 Å². The van der Waals surface area contributed by atoms with E-state index in [-0.39, 0.29) is 5.92 Å². The van der Waals surface area contributed by atoms with E-state index in [1.54, 1.807) is 0 Å². The van der Waals surface area contributed by atoms with E-state index in [9.17, 15) is 4.79 Å². The van der Waals surface area contributed by atoms with Crippen molar-refractivity contribution >= 4 is 11.7 Å². The highest BCUT2D eigenvalue weighted by Gasteiger charge is 2.41. The second-order valence-corrected chi connectivity index (χ2v) is 10.2. The zero-order chi connectivity index (χ0) is 20.5. The lowest BCUT2D eigenvalue weighted by atomic mass is 9.77. The Hall–Kier alpha value is -1.49. The van der Waals surface area contributed by atoms with Crippen LogP contribution in [0.25, 0.3) is 0 Å². The number of carbonyl (C=O) groups excluding carboxylic acids is 1. The summed E-state index contributed by atoms with van der Waals surface area (Å²) in [6, 6.07) is 1.75. The highest BCUT2D eigenvalue weighted by molar-refractivity contribution is 5.80. The average molecular weight is 399 g/mol. The molecule has 2 bridgehead atoms. The average Bonchev–Trinajstić information content (AvgIpc) is 2.97. The summed E-state index contributed by atoms with van der Waals surface area (Å²) in [5.74, 6) is 2.67. The Morgan fingerprint density at radius 2 is 1.55 bits per heavy atom. The molecule has 2 unspecified atom stereocenters. The number of piperazine rings is 1. The molecular formula is C24H38N4O. The number of likely N-dealkylation sites (tertiary alicyclic amines) is 1. The Labute approximate surface area is 176 Å². The van der Waals surface area contributed by atoms with Gasteiger partial charge >= 0.3 is 0 Å².